The molecule has 0 spiro atoms. The molecule has 0 heterocycles. The number of ether oxygens (including phenoxy) is 1. The fraction of sp³-hybridized carbons (Fsp3) is 0.300. The Labute approximate surface area is 108 Å². The van der Waals surface area contributed by atoms with Crippen molar-refractivity contribution in [2.75, 3.05) is 0 Å². The van der Waals surface area contributed by atoms with Crippen molar-refractivity contribution in [2.24, 2.45) is 0 Å². The Kier molecular flexibility index (Phi) is 4.86. The maximum Gasteiger partial charge on any atom is 0.387 e. The third-order valence-electron chi connectivity index (χ3n) is 1.79. The van der Waals surface area contributed by atoms with E-state index in [1.54, 1.807) is 6.92 Å². The molecule has 1 rings (SSSR count). The summed E-state index contributed by atoms with van der Waals surface area (Å²) in [6.45, 7) is -1.24. The lowest BCUT2D eigenvalue weighted by molar-refractivity contribution is -0.0498. The molecule has 0 fully saturated rings. The highest BCUT2D eigenvalue weighted by Gasteiger charge is 2.16. The minimum Gasteiger partial charge on any atom is -0.435 e. The molecule has 1 atom stereocenters. The number of benzene rings is 1. The molecule has 16 heavy (non-hydrogen) atoms. The number of hydrogen-bond acceptors (Lipinski definition) is 2. The molecular formula is C10H8Br2F2O2. The summed E-state index contributed by atoms with van der Waals surface area (Å²) in [5.74, 6) is -0.235. The zero-order valence-electron chi connectivity index (χ0n) is 8.22. The van der Waals surface area contributed by atoms with E-state index in [0.717, 1.165) is 0 Å². The second kappa shape index (κ2) is 5.72. The molecule has 0 aliphatic rings. The van der Waals surface area contributed by atoms with Crippen LogP contribution in [0.2, 0.25) is 0 Å². The van der Waals surface area contributed by atoms with Crippen LogP contribution in [0.5, 0.6) is 5.75 Å². The maximum atomic E-state index is 12.0. The minimum absolute atomic E-state index is 0.0327. The number of hydrogen-bond donors (Lipinski definition) is 0. The van der Waals surface area contributed by atoms with Crippen LogP contribution < -0.4 is 4.74 Å². The molecule has 6 heteroatoms. The van der Waals surface area contributed by atoms with Gasteiger partial charge in [-0.3, -0.25) is 4.79 Å². The fourth-order valence-electron chi connectivity index (χ4n) is 1.08. The zero-order chi connectivity index (χ0) is 12.3. The lowest BCUT2D eigenvalue weighted by Gasteiger charge is -2.09. The summed E-state index contributed by atoms with van der Waals surface area (Å²) in [5, 5.41) is 0. The summed E-state index contributed by atoms with van der Waals surface area (Å²) in [5.41, 5.74) is 0.308. The first-order chi connectivity index (χ1) is 7.41. The van der Waals surface area contributed by atoms with Crippen LogP contribution in [0.1, 0.15) is 17.3 Å². The van der Waals surface area contributed by atoms with E-state index in [2.05, 4.69) is 36.6 Å². The molecule has 1 aromatic rings. The number of alkyl halides is 3. The van der Waals surface area contributed by atoms with Gasteiger partial charge in [-0.1, -0.05) is 31.9 Å². The Hall–Kier alpha value is -0.490. The van der Waals surface area contributed by atoms with Crippen LogP contribution in [0.4, 0.5) is 8.78 Å². The predicted octanol–water partition coefficient (Wildman–Crippen LogP) is 4.02. The minimum atomic E-state index is -2.90. The van der Waals surface area contributed by atoms with Crippen molar-refractivity contribution in [3.63, 3.8) is 0 Å². The maximum absolute atomic E-state index is 12.0. The Morgan fingerprint density at radius 1 is 1.44 bits per heavy atom. The molecule has 2 nitrogen and oxygen atoms in total. The van der Waals surface area contributed by atoms with Crippen LogP contribution in [0, 0.1) is 0 Å². The first-order valence-corrected chi connectivity index (χ1v) is 6.05. The zero-order valence-corrected chi connectivity index (χ0v) is 11.4. The molecule has 0 amide bonds. The quantitative estimate of drug-likeness (QED) is 0.601. The molecule has 0 saturated heterocycles. The average molecular weight is 358 g/mol. The Bertz CT molecular complexity index is 394. The topological polar surface area (TPSA) is 26.3 Å². The molecule has 0 aliphatic heterocycles. The van der Waals surface area contributed by atoms with Crippen molar-refractivity contribution < 1.29 is 18.3 Å². The van der Waals surface area contributed by atoms with Crippen molar-refractivity contribution in [3.8, 4) is 5.75 Å². The van der Waals surface area contributed by atoms with Gasteiger partial charge in [-0.25, -0.2) is 0 Å². The molecule has 0 aromatic heterocycles. The molecule has 0 aliphatic carbocycles. The second-order valence-electron chi connectivity index (χ2n) is 3.00. The Balaban J connectivity index is 3.04. The van der Waals surface area contributed by atoms with Crippen LogP contribution in [0.25, 0.3) is 0 Å². The van der Waals surface area contributed by atoms with Crippen LogP contribution in [-0.4, -0.2) is 17.2 Å². The Morgan fingerprint density at radius 2 is 2.06 bits per heavy atom. The van der Waals surface area contributed by atoms with E-state index in [9.17, 15) is 13.6 Å². The van der Waals surface area contributed by atoms with Crippen LogP contribution in [0.3, 0.4) is 0 Å². The summed E-state index contributed by atoms with van der Waals surface area (Å²) in [7, 11) is 0. The van der Waals surface area contributed by atoms with Crippen LogP contribution in [-0.2, 0) is 0 Å². The van der Waals surface area contributed by atoms with Crippen LogP contribution in [0.15, 0.2) is 22.7 Å². The van der Waals surface area contributed by atoms with Crippen molar-refractivity contribution in [2.45, 2.75) is 18.4 Å². The van der Waals surface area contributed by atoms with E-state index in [0.29, 0.717) is 10.0 Å². The largest absolute Gasteiger partial charge is 0.435 e. The molecule has 0 bridgehead atoms. The highest BCUT2D eigenvalue weighted by atomic mass is 79.9. The summed E-state index contributed by atoms with van der Waals surface area (Å²) in [4.78, 5) is 11.3. The number of halogens is 4. The van der Waals surface area contributed by atoms with Gasteiger partial charge in [0.25, 0.3) is 0 Å². The SMILES string of the molecule is CC(Br)C(=O)c1cc(OC(F)F)ccc1Br. The summed E-state index contributed by atoms with van der Waals surface area (Å²) < 4.78 is 28.7. The first kappa shape index (κ1) is 13.6. The molecule has 1 unspecified atom stereocenters. The van der Waals surface area contributed by atoms with E-state index < -0.39 is 6.61 Å². The summed E-state index contributed by atoms with van der Waals surface area (Å²) >= 11 is 6.31. The van der Waals surface area contributed by atoms with Gasteiger partial charge < -0.3 is 4.74 Å². The van der Waals surface area contributed by atoms with E-state index in [-0.39, 0.29) is 16.4 Å². The van der Waals surface area contributed by atoms with Gasteiger partial charge in [0.05, 0.1) is 4.83 Å². The molecule has 0 saturated carbocycles. The first-order valence-electron chi connectivity index (χ1n) is 4.34. The molecule has 0 radical (unpaired) electrons. The molecule has 1 aromatic carbocycles. The lowest BCUT2D eigenvalue weighted by atomic mass is 10.1. The second-order valence-corrected chi connectivity index (χ2v) is 5.23. The average Bonchev–Trinajstić information content (AvgIpc) is 2.19. The fourth-order valence-corrected chi connectivity index (χ4v) is 1.77. The van der Waals surface area contributed by atoms with Gasteiger partial charge in [0.15, 0.2) is 5.78 Å². The third kappa shape index (κ3) is 3.52. The highest BCUT2D eigenvalue weighted by molar-refractivity contribution is 9.10. The van der Waals surface area contributed by atoms with E-state index >= 15 is 0 Å². The third-order valence-corrected chi connectivity index (χ3v) is 2.90. The highest BCUT2D eigenvalue weighted by Crippen LogP contribution is 2.26. The standard InChI is InChI=1S/C10H8Br2F2O2/c1-5(11)9(15)7-4-6(16-10(13)14)2-3-8(7)12/h2-5,10H,1H3. The number of ketones is 1. The monoisotopic (exact) mass is 356 g/mol. The number of carbonyl (C=O) groups is 1. The van der Waals surface area contributed by atoms with Gasteiger partial charge in [-0.15, -0.1) is 0 Å². The number of rotatable bonds is 4. The van der Waals surface area contributed by atoms with Gasteiger partial charge >= 0.3 is 6.61 Å². The smallest absolute Gasteiger partial charge is 0.387 e. The van der Waals surface area contributed by atoms with Crippen LogP contribution >= 0.6 is 31.9 Å². The number of carbonyl (C=O) groups excluding carboxylic acids is 1. The number of Topliss-reactive ketones (excluding diaryl/α,β-unsaturated/α-hetero) is 1. The Morgan fingerprint density at radius 3 is 2.56 bits per heavy atom. The van der Waals surface area contributed by atoms with E-state index in [4.69, 9.17) is 0 Å². The van der Waals surface area contributed by atoms with Gasteiger partial charge in [-0.05, 0) is 25.1 Å². The van der Waals surface area contributed by atoms with Crippen molar-refractivity contribution in [1.29, 1.82) is 0 Å². The molecule has 0 N–H and O–H groups in total. The van der Waals surface area contributed by atoms with Gasteiger partial charge in [-0.2, -0.15) is 8.78 Å². The summed E-state index contributed by atoms with van der Waals surface area (Å²) in [6.07, 6.45) is 0. The van der Waals surface area contributed by atoms with Gasteiger partial charge in [0.1, 0.15) is 5.75 Å². The molecular weight excluding hydrogens is 350 g/mol. The lowest BCUT2D eigenvalue weighted by Crippen LogP contribution is -2.11. The van der Waals surface area contributed by atoms with Gasteiger partial charge in [0, 0.05) is 10.0 Å². The van der Waals surface area contributed by atoms with Crippen molar-refractivity contribution in [3.05, 3.63) is 28.2 Å². The van der Waals surface area contributed by atoms with E-state index in [1.807, 2.05) is 0 Å². The van der Waals surface area contributed by atoms with Crippen molar-refractivity contribution >= 4 is 37.6 Å². The van der Waals surface area contributed by atoms with E-state index in [1.165, 1.54) is 18.2 Å². The van der Waals surface area contributed by atoms with Gasteiger partial charge in [0.2, 0.25) is 0 Å². The molecule has 88 valence electrons. The predicted molar refractivity (Wildman–Crippen MR) is 63.5 cm³/mol. The normalized spacial score (nSPS) is 12.6. The summed E-state index contributed by atoms with van der Waals surface area (Å²) in [6, 6.07) is 4.16. The van der Waals surface area contributed by atoms with Crippen molar-refractivity contribution in [1.82, 2.24) is 0 Å².